The Morgan fingerprint density at radius 3 is 2.76 bits per heavy atom. The van der Waals surface area contributed by atoms with Crippen LogP contribution in [0.3, 0.4) is 0 Å². The minimum atomic E-state index is 0.0336. The largest absolute Gasteiger partial charge is 0.356 e. The van der Waals surface area contributed by atoms with Crippen LogP contribution in [0.5, 0.6) is 0 Å². The molecule has 0 aliphatic carbocycles. The summed E-state index contributed by atoms with van der Waals surface area (Å²) in [5, 5.41) is 7.15. The summed E-state index contributed by atoms with van der Waals surface area (Å²) in [4.78, 5) is 15.7. The molecule has 0 radical (unpaired) electrons. The van der Waals surface area contributed by atoms with Crippen LogP contribution in [0.25, 0.3) is 0 Å². The molecule has 0 unspecified atom stereocenters. The average Bonchev–Trinajstić information content (AvgIpc) is 2.61. The molecular weight excluding hydrogens is 236 g/mol. The first-order valence-corrected chi connectivity index (χ1v) is 6.45. The summed E-state index contributed by atoms with van der Waals surface area (Å²) in [6.45, 7) is 4.72. The zero-order valence-corrected chi connectivity index (χ0v) is 11.5. The van der Waals surface area contributed by atoms with Gasteiger partial charge in [0.05, 0.1) is 0 Å². The first-order chi connectivity index (χ1) is 8.04. The van der Waals surface area contributed by atoms with E-state index in [2.05, 4.69) is 41.9 Å². The summed E-state index contributed by atoms with van der Waals surface area (Å²) in [6.07, 6.45) is 1.16. The van der Waals surface area contributed by atoms with Crippen molar-refractivity contribution >= 4 is 18.5 Å². The molecule has 0 saturated heterocycles. The zero-order chi connectivity index (χ0) is 12.8. The fourth-order valence-electron chi connectivity index (χ4n) is 1.40. The third-order valence-corrected chi connectivity index (χ3v) is 2.62. The lowest BCUT2D eigenvalue weighted by atomic mass is 10.2. The Bertz CT molecular complexity index is 376. The number of thiol groups is 1. The van der Waals surface area contributed by atoms with E-state index in [-0.39, 0.29) is 5.91 Å². The molecule has 0 atom stereocenters. The van der Waals surface area contributed by atoms with Gasteiger partial charge >= 0.3 is 0 Å². The van der Waals surface area contributed by atoms with Crippen molar-refractivity contribution in [1.82, 2.24) is 20.1 Å². The van der Waals surface area contributed by atoms with Crippen molar-refractivity contribution in [2.75, 3.05) is 12.3 Å². The Hall–Kier alpha value is -1.04. The topological polar surface area (TPSA) is 59.8 Å². The molecule has 0 aliphatic heterocycles. The lowest BCUT2D eigenvalue weighted by Gasteiger charge is -2.03. The first-order valence-electron chi connectivity index (χ1n) is 5.82. The number of nitrogens with one attached hydrogen (secondary N) is 1. The Morgan fingerprint density at radius 1 is 1.53 bits per heavy atom. The van der Waals surface area contributed by atoms with Crippen LogP contribution >= 0.6 is 12.6 Å². The summed E-state index contributed by atoms with van der Waals surface area (Å²) in [7, 11) is 1.88. The predicted molar refractivity (Wildman–Crippen MR) is 70.3 cm³/mol. The molecule has 0 aromatic carbocycles. The molecule has 0 bridgehead atoms. The maximum atomic E-state index is 11.2. The number of hydrogen-bond acceptors (Lipinski definition) is 4. The fraction of sp³-hybridized carbons (Fsp3) is 0.727. The van der Waals surface area contributed by atoms with E-state index in [1.807, 2.05) is 7.05 Å². The molecule has 1 aromatic rings. The highest BCUT2D eigenvalue weighted by atomic mass is 32.1. The minimum Gasteiger partial charge on any atom is -0.356 e. The second kappa shape index (κ2) is 6.64. The van der Waals surface area contributed by atoms with Crippen LogP contribution in [0, 0.1) is 0 Å². The Morgan fingerprint density at radius 2 is 2.24 bits per heavy atom. The number of rotatable bonds is 6. The van der Waals surface area contributed by atoms with Crippen molar-refractivity contribution in [1.29, 1.82) is 0 Å². The van der Waals surface area contributed by atoms with Gasteiger partial charge in [-0.2, -0.15) is 17.7 Å². The Balaban J connectivity index is 2.44. The number of carbonyl (C=O) groups is 1. The number of aromatic nitrogens is 3. The van der Waals surface area contributed by atoms with E-state index in [0.717, 1.165) is 11.6 Å². The van der Waals surface area contributed by atoms with Gasteiger partial charge in [-0.1, -0.05) is 13.8 Å². The third-order valence-electron chi connectivity index (χ3n) is 2.40. The molecule has 96 valence electrons. The molecule has 1 aromatic heterocycles. The highest BCUT2D eigenvalue weighted by molar-refractivity contribution is 7.80. The van der Waals surface area contributed by atoms with Gasteiger partial charge in [-0.05, 0) is 5.75 Å². The molecule has 0 fully saturated rings. The smallest absolute Gasteiger partial charge is 0.220 e. The second-order valence-corrected chi connectivity index (χ2v) is 4.69. The standard InChI is InChI=1S/C11H20N4OS/c1-8(2)11-13-9(15(3)14-11)4-6-12-10(16)5-7-17/h8,17H,4-7H2,1-3H3,(H,12,16). The van der Waals surface area contributed by atoms with Gasteiger partial charge in [0.15, 0.2) is 5.82 Å². The minimum absolute atomic E-state index is 0.0336. The summed E-state index contributed by atoms with van der Waals surface area (Å²) < 4.78 is 1.78. The van der Waals surface area contributed by atoms with Crippen molar-refractivity contribution < 1.29 is 4.79 Å². The molecule has 6 heteroatoms. The van der Waals surface area contributed by atoms with E-state index in [9.17, 15) is 4.79 Å². The lowest BCUT2D eigenvalue weighted by Crippen LogP contribution is -2.26. The molecule has 17 heavy (non-hydrogen) atoms. The van der Waals surface area contributed by atoms with Gasteiger partial charge in [-0.3, -0.25) is 9.48 Å². The summed E-state index contributed by atoms with van der Waals surface area (Å²) >= 11 is 4.01. The summed E-state index contributed by atoms with van der Waals surface area (Å²) in [5.74, 6) is 2.69. The van der Waals surface area contributed by atoms with Crippen molar-refractivity contribution in [2.24, 2.45) is 7.05 Å². The molecule has 1 heterocycles. The van der Waals surface area contributed by atoms with Crippen molar-refractivity contribution in [3.8, 4) is 0 Å². The molecule has 5 nitrogen and oxygen atoms in total. The van der Waals surface area contributed by atoms with Crippen LogP contribution in [0.15, 0.2) is 0 Å². The Kier molecular flexibility index (Phi) is 5.47. The first kappa shape index (κ1) is 14.0. The molecule has 0 spiro atoms. The summed E-state index contributed by atoms with van der Waals surface area (Å²) in [5.41, 5.74) is 0. The van der Waals surface area contributed by atoms with E-state index in [1.54, 1.807) is 4.68 Å². The van der Waals surface area contributed by atoms with Crippen molar-refractivity contribution in [3.63, 3.8) is 0 Å². The van der Waals surface area contributed by atoms with Gasteiger partial charge in [0.25, 0.3) is 0 Å². The molecule has 0 saturated carbocycles. The van der Waals surface area contributed by atoms with Crippen molar-refractivity contribution in [3.05, 3.63) is 11.6 Å². The fourth-order valence-corrected chi connectivity index (χ4v) is 1.61. The lowest BCUT2D eigenvalue weighted by molar-refractivity contribution is -0.120. The van der Waals surface area contributed by atoms with E-state index < -0.39 is 0 Å². The molecule has 1 rings (SSSR count). The highest BCUT2D eigenvalue weighted by Gasteiger charge is 2.10. The van der Waals surface area contributed by atoms with Crippen LogP contribution in [-0.2, 0) is 18.3 Å². The van der Waals surface area contributed by atoms with E-state index >= 15 is 0 Å². The van der Waals surface area contributed by atoms with E-state index in [0.29, 0.717) is 31.1 Å². The quantitative estimate of drug-likeness (QED) is 0.744. The van der Waals surface area contributed by atoms with Gasteiger partial charge < -0.3 is 5.32 Å². The highest BCUT2D eigenvalue weighted by Crippen LogP contribution is 2.09. The van der Waals surface area contributed by atoms with E-state index in [1.165, 1.54) is 0 Å². The van der Waals surface area contributed by atoms with E-state index in [4.69, 9.17) is 0 Å². The SMILES string of the molecule is CC(C)c1nc(CCNC(=O)CCS)n(C)n1. The molecule has 1 amide bonds. The summed E-state index contributed by atoms with van der Waals surface area (Å²) in [6, 6.07) is 0. The monoisotopic (exact) mass is 256 g/mol. The van der Waals surface area contributed by atoms with Gasteiger partial charge in [-0.15, -0.1) is 0 Å². The van der Waals surface area contributed by atoms with Crippen LogP contribution in [-0.4, -0.2) is 33.0 Å². The number of nitrogens with zero attached hydrogens (tertiary/aromatic N) is 3. The van der Waals surface area contributed by atoms with Gasteiger partial charge in [0, 0.05) is 32.4 Å². The van der Waals surface area contributed by atoms with Gasteiger partial charge in [0.1, 0.15) is 5.82 Å². The normalized spacial score (nSPS) is 10.9. The average molecular weight is 256 g/mol. The van der Waals surface area contributed by atoms with Gasteiger partial charge in [-0.25, -0.2) is 4.98 Å². The molecule has 1 N–H and O–H groups in total. The predicted octanol–water partition coefficient (Wildman–Crippen LogP) is 0.917. The molecule has 0 aliphatic rings. The number of aryl methyl sites for hydroxylation is 1. The number of amides is 1. The molecular formula is C11H20N4OS. The maximum absolute atomic E-state index is 11.2. The van der Waals surface area contributed by atoms with Crippen LogP contribution in [0.4, 0.5) is 0 Å². The van der Waals surface area contributed by atoms with Crippen molar-refractivity contribution in [2.45, 2.75) is 32.6 Å². The van der Waals surface area contributed by atoms with Crippen LogP contribution < -0.4 is 5.32 Å². The van der Waals surface area contributed by atoms with Crippen LogP contribution in [0.2, 0.25) is 0 Å². The van der Waals surface area contributed by atoms with Crippen LogP contribution in [0.1, 0.15) is 37.8 Å². The second-order valence-electron chi connectivity index (χ2n) is 4.24. The zero-order valence-electron chi connectivity index (χ0n) is 10.6. The Labute approximate surface area is 107 Å². The maximum Gasteiger partial charge on any atom is 0.220 e. The van der Waals surface area contributed by atoms with Gasteiger partial charge in [0.2, 0.25) is 5.91 Å². The third kappa shape index (κ3) is 4.38. The number of carbonyl (C=O) groups excluding carboxylic acids is 1. The number of hydrogen-bond donors (Lipinski definition) is 2.